The molecule has 1 saturated heterocycles. The number of aliphatic hydroxyl groups is 1. The molecule has 1 aliphatic rings. The van der Waals surface area contributed by atoms with E-state index in [4.69, 9.17) is 27.9 Å². The molecule has 1 atom stereocenters. The van der Waals surface area contributed by atoms with E-state index in [1.165, 1.54) is 4.90 Å². The first-order valence-corrected chi connectivity index (χ1v) is 12.2. The highest BCUT2D eigenvalue weighted by Gasteiger charge is 2.46. The third-order valence-electron chi connectivity index (χ3n) is 5.85. The summed E-state index contributed by atoms with van der Waals surface area (Å²) in [4.78, 5) is 29.9. The van der Waals surface area contributed by atoms with Gasteiger partial charge >= 0.3 is 0 Å². The largest absolute Gasteiger partial charge is 0.507 e. The van der Waals surface area contributed by atoms with Crippen molar-refractivity contribution < 1.29 is 19.4 Å². The second kappa shape index (κ2) is 11.3. The van der Waals surface area contributed by atoms with Gasteiger partial charge in [0.15, 0.2) is 0 Å². The van der Waals surface area contributed by atoms with E-state index in [9.17, 15) is 14.7 Å². The van der Waals surface area contributed by atoms with Gasteiger partial charge < -0.3 is 19.6 Å². The number of ether oxygens (including phenoxy) is 1. The summed E-state index contributed by atoms with van der Waals surface area (Å²) in [6.45, 7) is 10.5. The molecule has 1 unspecified atom stereocenters. The van der Waals surface area contributed by atoms with Crippen LogP contribution >= 0.6 is 23.2 Å². The molecule has 1 amide bonds. The molecule has 0 aromatic heterocycles. The Morgan fingerprint density at radius 1 is 1.06 bits per heavy atom. The van der Waals surface area contributed by atoms with Crippen molar-refractivity contribution in [2.75, 3.05) is 26.2 Å². The molecule has 2 aromatic carbocycles. The Labute approximate surface area is 210 Å². The summed E-state index contributed by atoms with van der Waals surface area (Å²) in [6, 6.07) is 11.0. The van der Waals surface area contributed by atoms with Crippen LogP contribution in [0.4, 0.5) is 0 Å². The van der Waals surface area contributed by atoms with Gasteiger partial charge in [-0.2, -0.15) is 0 Å². The van der Waals surface area contributed by atoms with E-state index in [0.29, 0.717) is 40.0 Å². The summed E-state index contributed by atoms with van der Waals surface area (Å²) in [6.07, 6.45) is 0.00484. The molecule has 1 heterocycles. The van der Waals surface area contributed by atoms with Crippen molar-refractivity contribution in [3.05, 3.63) is 69.2 Å². The normalized spacial score (nSPS) is 17.8. The topological polar surface area (TPSA) is 70.1 Å². The second-order valence-electron chi connectivity index (χ2n) is 8.38. The van der Waals surface area contributed by atoms with Crippen LogP contribution in [-0.4, -0.2) is 58.9 Å². The molecule has 182 valence electrons. The first-order valence-electron chi connectivity index (χ1n) is 11.4. The van der Waals surface area contributed by atoms with Crippen molar-refractivity contribution in [3.8, 4) is 5.75 Å². The maximum Gasteiger partial charge on any atom is 0.295 e. The number of rotatable bonds is 9. The molecule has 1 N–H and O–H groups in total. The third kappa shape index (κ3) is 5.57. The average molecular weight is 505 g/mol. The Bertz CT molecular complexity index is 1080. The van der Waals surface area contributed by atoms with Crippen LogP contribution in [-0.2, 0) is 9.59 Å². The Morgan fingerprint density at radius 2 is 1.71 bits per heavy atom. The molecular formula is C26H30Cl2N2O4. The lowest BCUT2D eigenvalue weighted by Gasteiger charge is -2.28. The van der Waals surface area contributed by atoms with E-state index in [-0.39, 0.29) is 17.4 Å². The van der Waals surface area contributed by atoms with Crippen LogP contribution in [0, 0.1) is 0 Å². The summed E-state index contributed by atoms with van der Waals surface area (Å²) in [7, 11) is 0. The smallest absolute Gasteiger partial charge is 0.295 e. The lowest BCUT2D eigenvalue weighted by molar-refractivity contribution is -0.140. The molecule has 3 rings (SSSR count). The lowest BCUT2D eigenvalue weighted by Crippen LogP contribution is -2.38. The number of hydrogen-bond donors (Lipinski definition) is 1. The van der Waals surface area contributed by atoms with Crippen molar-refractivity contribution >= 4 is 40.7 Å². The molecule has 0 aliphatic carbocycles. The minimum atomic E-state index is -0.781. The van der Waals surface area contributed by atoms with E-state index < -0.39 is 17.7 Å². The summed E-state index contributed by atoms with van der Waals surface area (Å²) in [5, 5.41) is 11.9. The molecule has 1 fully saturated rings. The number of amides is 1. The molecule has 0 spiro atoms. The third-order valence-corrected chi connectivity index (χ3v) is 6.59. The molecule has 2 aromatic rings. The Hall–Kier alpha value is -2.54. The van der Waals surface area contributed by atoms with Crippen LogP contribution in [0.1, 0.15) is 44.9 Å². The highest BCUT2D eigenvalue weighted by molar-refractivity contribution is 6.46. The second-order valence-corrected chi connectivity index (χ2v) is 9.20. The highest BCUT2D eigenvalue weighted by Crippen LogP contribution is 2.41. The fourth-order valence-corrected chi connectivity index (χ4v) is 4.35. The monoisotopic (exact) mass is 504 g/mol. The minimum Gasteiger partial charge on any atom is -0.507 e. The first-order chi connectivity index (χ1) is 16.2. The number of hydrogen-bond acceptors (Lipinski definition) is 5. The number of benzene rings is 2. The van der Waals surface area contributed by atoms with Crippen LogP contribution in [0.2, 0.25) is 10.0 Å². The Kier molecular flexibility index (Phi) is 8.63. The van der Waals surface area contributed by atoms with Crippen LogP contribution < -0.4 is 4.74 Å². The number of carbonyl (C=O) groups excluding carboxylic acids is 2. The molecular weight excluding hydrogens is 475 g/mol. The van der Waals surface area contributed by atoms with Crippen LogP contribution in [0.3, 0.4) is 0 Å². The maximum atomic E-state index is 13.2. The molecule has 8 heteroatoms. The zero-order chi connectivity index (χ0) is 25.0. The van der Waals surface area contributed by atoms with Gasteiger partial charge in [0.2, 0.25) is 0 Å². The van der Waals surface area contributed by atoms with Gasteiger partial charge in [-0.1, -0.05) is 43.1 Å². The molecule has 1 aliphatic heterocycles. The zero-order valence-electron chi connectivity index (χ0n) is 19.8. The number of carbonyl (C=O) groups is 2. The molecule has 34 heavy (non-hydrogen) atoms. The standard InChI is InChI=1S/C26H30Cl2N2O4/c1-5-29(6-2)13-14-30-23(18-9-12-20(27)21(28)15-18)22(25(32)26(30)33)24(31)17-7-10-19(11-8-17)34-16(3)4/h7-12,15-16,23,31H,5-6,13-14H2,1-4H3/b24-22-. The van der Waals surface area contributed by atoms with Crippen molar-refractivity contribution in [1.29, 1.82) is 0 Å². The predicted molar refractivity (Wildman–Crippen MR) is 135 cm³/mol. The van der Waals surface area contributed by atoms with Gasteiger partial charge in [0.25, 0.3) is 11.7 Å². The van der Waals surface area contributed by atoms with E-state index in [0.717, 1.165) is 13.1 Å². The van der Waals surface area contributed by atoms with Crippen LogP contribution in [0.15, 0.2) is 48.0 Å². The van der Waals surface area contributed by atoms with Crippen molar-refractivity contribution in [2.45, 2.75) is 39.8 Å². The number of nitrogens with zero attached hydrogens (tertiary/aromatic N) is 2. The summed E-state index contributed by atoms with van der Waals surface area (Å²) < 4.78 is 5.66. The fourth-order valence-electron chi connectivity index (χ4n) is 4.05. The van der Waals surface area contributed by atoms with Gasteiger partial charge in [0.1, 0.15) is 11.5 Å². The highest BCUT2D eigenvalue weighted by atomic mass is 35.5. The van der Waals surface area contributed by atoms with Crippen molar-refractivity contribution in [3.63, 3.8) is 0 Å². The number of ketones is 1. The number of likely N-dealkylation sites (N-methyl/N-ethyl adjacent to an activating group) is 1. The van der Waals surface area contributed by atoms with E-state index in [2.05, 4.69) is 4.90 Å². The van der Waals surface area contributed by atoms with Crippen molar-refractivity contribution in [2.24, 2.45) is 0 Å². The maximum absolute atomic E-state index is 13.2. The Morgan fingerprint density at radius 3 is 2.26 bits per heavy atom. The molecule has 6 nitrogen and oxygen atoms in total. The number of aliphatic hydroxyl groups excluding tert-OH is 1. The number of Topliss-reactive ketones (excluding diaryl/α,β-unsaturated/α-hetero) is 1. The average Bonchev–Trinajstić information content (AvgIpc) is 3.06. The van der Waals surface area contributed by atoms with Gasteiger partial charge in [-0.15, -0.1) is 0 Å². The fraction of sp³-hybridized carbons (Fsp3) is 0.385. The number of halogens is 2. The SMILES string of the molecule is CCN(CC)CCN1C(=O)C(=O)/C(=C(\O)c2ccc(OC(C)C)cc2)C1c1ccc(Cl)c(Cl)c1. The van der Waals surface area contributed by atoms with Gasteiger partial charge in [-0.25, -0.2) is 0 Å². The van der Waals surface area contributed by atoms with Crippen LogP contribution in [0.5, 0.6) is 5.75 Å². The zero-order valence-corrected chi connectivity index (χ0v) is 21.4. The van der Waals surface area contributed by atoms with Crippen molar-refractivity contribution in [1.82, 2.24) is 9.80 Å². The van der Waals surface area contributed by atoms with E-state index >= 15 is 0 Å². The molecule has 0 bridgehead atoms. The first kappa shape index (κ1) is 26.1. The van der Waals surface area contributed by atoms with Gasteiger partial charge in [0, 0.05) is 18.7 Å². The van der Waals surface area contributed by atoms with Gasteiger partial charge in [-0.3, -0.25) is 9.59 Å². The Balaban J connectivity index is 2.07. The van der Waals surface area contributed by atoms with Crippen LogP contribution in [0.25, 0.3) is 5.76 Å². The molecule has 0 saturated carbocycles. The van der Waals surface area contributed by atoms with Gasteiger partial charge in [-0.05, 0) is 68.9 Å². The van der Waals surface area contributed by atoms with E-state index in [1.807, 2.05) is 27.7 Å². The predicted octanol–water partition coefficient (Wildman–Crippen LogP) is 5.54. The summed E-state index contributed by atoms with van der Waals surface area (Å²) in [5.74, 6) is -0.969. The summed E-state index contributed by atoms with van der Waals surface area (Å²) in [5.41, 5.74) is 1.05. The minimum absolute atomic E-state index is 0.00484. The molecule has 0 radical (unpaired) electrons. The number of likely N-dealkylation sites (tertiary alicyclic amines) is 1. The summed E-state index contributed by atoms with van der Waals surface area (Å²) >= 11 is 12.4. The lowest BCUT2D eigenvalue weighted by atomic mass is 9.95. The quantitative estimate of drug-likeness (QED) is 0.275. The van der Waals surface area contributed by atoms with Gasteiger partial charge in [0.05, 0.1) is 27.8 Å². The van der Waals surface area contributed by atoms with E-state index in [1.54, 1.807) is 42.5 Å².